The van der Waals surface area contributed by atoms with Crippen LogP contribution < -0.4 is 5.32 Å². The van der Waals surface area contributed by atoms with Crippen LogP contribution >= 0.6 is 0 Å². The largest absolute Gasteiger partial charge is 0.460 e. The fraction of sp³-hybridized carbons (Fsp3) is 0.480. The van der Waals surface area contributed by atoms with Gasteiger partial charge in [0, 0.05) is 52.0 Å². The minimum absolute atomic E-state index is 0.0760. The summed E-state index contributed by atoms with van der Waals surface area (Å²) >= 11 is 0. The van der Waals surface area contributed by atoms with E-state index in [1.807, 2.05) is 30.3 Å². The van der Waals surface area contributed by atoms with Crippen LogP contribution in [0.1, 0.15) is 5.56 Å². The molecule has 10 heteroatoms. The maximum atomic E-state index is 15.2. The summed E-state index contributed by atoms with van der Waals surface area (Å²) in [4.78, 5) is 39.1. The van der Waals surface area contributed by atoms with Gasteiger partial charge in [-0.1, -0.05) is 30.3 Å². The van der Waals surface area contributed by atoms with Gasteiger partial charge in [0.05, 0.1) is 11.8 Å². The lowest BCUT2D eigenvalue weighted by Gasteiger charge is -2.58. The molecule has 1 fully saturated rings. The number of hydrogen-bond donors (Lipinski definition) is 1. The molecule has 1 aromatic carbocycles. The van der Waals surface area contributed by atoms with Crippen molar-refractivity contribution >= 4 is 17.5 Å². The third kappa shape index (κ3) is 3.81. The van der Waals surface area contributed by atoms with Gasteiger partial charge in [-0.15, -0.1) is 0 Å². The summed E-state index contributed by atoms with van der Waals surface area (Å²) in [5, 5.41) is 2.89. The van der Waals surface area contributed by atoms with E-state index in [0.717, 1.165) is 5.56 Å². The lowest BCUT2D eigenvalue weighted by atomic mass is 9.53. The van der Waals surface area contributed by atoms with Crippen molar-refractivity contribution in [1.82, 2.24) is 5.32 Å². The third-order valence-electron chi connectivity index (χ3n) is 7.15. The maximum Gasteiger partial charge on any atom is 0.325 e. The summed E-state index contributed by atoms with van der Waals surface area (Å²) in [5.74, 6) is -10.2. The Morgan fingerprint density at radius 3 is 2.23 bits per heavy atom. The molecule has 0 amide bonds. The van der Waals surface area contributed by atoms with E-state index in [-0.39, 0.29) is 18.8 Å². The molecule has 4 aliphatic carbocycles. The van der Waals surface area contributed by atoms with Crippen LogP contribution in [-0.2, 0) is 44.7 Å². The second kappa shape index (κ2) is 9.62. The molecule has 2 bridgehead atoms. The molecule has 5 rings (SSSR count). The van der Waals surface area contributed by atoms with E-state index in [4.69, 9.17) is 23.7 Å². The van der Waals surface area contributed by atoms with Gasteiger partial charge in [0.25, 0.3) is 0 Å². The zero-order chi connectivity index (χ0) is 25.4. The summed E-state index contributed by atoms with van der Waals surface area (Å²) in [6.07, 6.45) is 2.43. The Bertz CT molecular complexity index is 1060. The van der Waals surface area contributed by atoms with Gasteiger partial charge in [-0.3, -0.25) is 14.4 Å². The van der Waals surface area contributed by atoms with Crippen molar-refractivity contribution in [3.63, 3.8) is 0 Å². The standard InChI is InChI=1S/C25H28FNO8/c1-31-24(32-2)15-10-16(26)20(23(24)30)21-17(11-18(28)25(33-3,34-4)22(15)21)27-12-19(29)35-13-14-8-6-5-7-9-14/h5-11,15,20-22,27H,12-13H2,1-4H3/t15?,20?,21-,22+/m0/s1. The van der Waals surface area contributed by atoms with Gasteiger partial charge in [0.2, 0.25) is 23.1 Å². The number of carbonyl (C=O) groups excluding carboxylic acids is 3. The highest BCUT2D eigenvalue weighted by atomic mass is 19.1. The first-order valence-corrected chi connectivity index (χ1v) is 11.1. The molecule has 0 aromatic heterocycles. The van der Waals surface area contributed by atoms with E-state index in [1.165, 1.54) is 40.6 Å². The van der Waals surface area contributed by atoms with Gasteiger partial charge in [-0.05, 0) is 11.6 Å². The van der Waals surface area contributed by atoms with E-state index >= 15 is 4.39 Å². The molecule has 0 saturated heterocycles. The molecule has 2 unspecified atom stereocenters. The minimum Gasteiger partial charge on any atom is -0.460 e. The Balaban J connectivity index is 1.64. The molecule has 1 aromatic rings. The van der Waals surface area contributed by atoms with Crippen LogP contribution in [-0.4, -0.2) is 64.1 Å². The zero-order valence-electron chi connectivity index (χ0n) is 19.9. The first-order chi connectivity index (χ1) is 16.8. The molecule has 1 N–H and O–H groups in total. The van der Waals surface area contributed by atoms with E-state index in [9.17, 15) is 14.4 Å². The van der Waals surface area contributed by atoms with Gasteiger partial charge in [0.15, 0.2) is 0 Å². The SMILES string of the molecule is COC1(OC)C(=O)C2C(F)=CC1[C@@H]1[C@H]2C(NCC(=O)OCc2ccccc2)=CC(=O)C1(OC)OC. The van der Waals surface area contributed by atoms with Crippen molar-refractivity contribution in [2.75, 3.05) is 35.0 Å². The number of benzene rings is 1. The summed E-state index contributed by atoms with van der Waals surface area (Å²) in [6.45, 7) is -0.217. The normalized spacial score (nSPS) is 28.1. The highest BCUT2D eigenvalue weighted by Crippen LogP contribution is 2.59. The molecule has 9 nitrogen and oxygen atoms in total. The van der Waals surface area contributed by atoms with Crippen molar-refractivity contribution in [2.24, 2.45) is 23.7 Å². The Morgan fingerprint density at radius 2 is 1.63 bits per heavy atom. The van der Waals surface area contributed by atoms with E-state index in [0.29, 0.717) is 0 Å². The number of carbonyl (C=O) groups is 3. The summed E-state index contributed by atoms with van der Waals surface area (Å²) in [5.41, 5.74) is 1.03. The lowest BCUT2D eigenvalue weighted by Crippen LogP contribution is -2.71. The van der Waals surface area contributed by atoms with Crippen molar-refractivity contribution < 1.29 is 42.5 Å². The molecular weight excluding hydrogens is 461 g/mol. The predicted octanol–water partition coefficient (Wildman–Crippen LogP) is 1.68. The van der Waals surface area contributed by atoms with E-state index in [2.05, 4.69) is 5.32 Å². The Kier molecular flexibility index (Phi) is 6.92. The second-order valence-electron chi connectivity index (χ2n) is 8.59. The first kappa shape index (κ1) is 25.2. The molecule has 4 atom stereocenters. The monoisotopic (exact) mass is 489 g/mol. The molecule has 0 heterocycles. The molecule has 188 valence electrons. The van der Waals surface area contributed by atoms with Gasteiger partial charge < -0.3 is 29.0 Å². The van der Waals surface area contributed by atoms with Gasteiger partial charge >= 0.3 is 5.97 Å². The molecule has 0 spiro atoms. The topological polar surface area (TPSA) is 109 Å². The number of nitrogens with one attached hydrogen (secondary N) is 1. The quantitative estimate of drug-likeness (QED) is 0.409. The van der Waals surface area contributed by atoms with Crippen LogP contribution in [0.15, 0.2) is 54.0 Å². The molecule has 35 heavy (non-hydrogen) atoms. The van der Waals surface area contributed by atoms with E-state index < -0.39 is 58.6 Å². The van der Waals surface area contributed by atoms with Crippen molar-refractivity contribution in [3.8, 4) is 0 Å². The molecule has 0 aliphatic heterocycles. The van der Waals surface area contributed by atoms with Crippen LogP contribution in [0.4, 0.5) is 4.39 Å². The smallest absolute Gasteiger partial charge is 0.325 e. The van der Waals surface area contributed by atoms with Crippen molar-refractivity contribution in [2.45, 2.75) is 18.2 Å². The molecule has 0 radical (unpaired) electrons. The summed E-state index contributed by atoms with van der Waals surface area (Å²) in [7, 11) is 5.17. The molecule has 4 aliphatic rings. The minimum atomic E-state index is -1.82. The number of hydrogen-bond acceptors (Lipinski definition) is 9. The molecular formula is C25H28FNO8. The first-order valence-electron chi connectivity index (χ1n) is 11.1. The van der Waals surface area contributed by atoms with Gasteiger partial charge in [0.1, 0.15) is 19.0 Å². The van der Waals surface area contributed by atoms with Crippen molar-refractivity contribution in [1.29, 1.82) is 0 Å². The van der Waals surface area contributed by atoms with Crippen LogP contribution in [0, 0.1) is 23.7 Å². The number of ketones is 2. The average molecular weight is 489 g/mol. The Labute approximate surface area is 202 Å². The zero-order valence-corrected chi connectivity index (χ0v) is 19.9. The highest BCUT2D eigenvalue weighted by molar-refractivity contribution is 6.01. The Morgan fingerprint density at radius 1 is 1.00 bits per heavy atom. The number of esters is 1. The van der Waals surface area contributed by atoms with Gasteiger partial charge in [-0.25, -0.2) is 4.39 Å². The number of fused-ring (bicyclic) bond motifs is 1. The van der Waals surface area contributed by atoms with Crippen molar-refractivity contribution in [3.05, 3.63) is 59.6 Å². The number of methoxy groups -OCH3 is 4. The van der Waals surface area contributed by atoms with Crippen LogP contribution in [0.5, 0.6) is 0 Å². The third-order valence-corrected chi connectivity index (χ3v) is 7.15. The number of halogens is 1. The Hall–Kier alpha value is -2.92. The van der Waals surface area contributed by atoms with Gasteiger partial charge in [-0.2, -0.15) is 0 Å². The number of rotatable bonds is 9. The summed E-state index contributed by atoms with van der Waals surface area (Å²) in [6, 6.07) is 9.15. The maximum absolute atomic E-state index is 15.2. The van der Waals surface area contributed by atoms with Crippen LogP contribution in [0.3, 0.4) is 0 Å². The second-order valence-corrected chi connectivity index (χ2v) is 8.59. The fourth-order valence-corrected chi connectivity index (χ4v) is 5.59. The lowest BCUT2D eigenvalue weighted by molar-refractivity contribution is -0.298. The predicted molar refractivity (Wildman–Crippen MR) is 119 cm³/mol. The number of ether oxygens (including phenoxy) is 5. The van der Waals surface area contributed by atoms with Crippen LogP contribution in [0.2, 0.25) is 0 Å². The number of Topliss-reactive ketones (excluding diaryl/α,β-unsaturated/α-hetero) is 1. The molecule has 1 saturated carbocycles. The fourth-order valence-electron chi connectivity index (χ4n) is 5.59. The summed E-state index contributed by atoms with van der Waals surface area (Å²) < 4.78 is 42.5. The number of allylic oxidation sites excluding steroid dienone is 2. The highest BCUT2D eigenvalue weighted by Gasteiger charge is 2.72. The van der Waals surface area contributed by atoms with E-state index in [1.54, 1.807) is 0 Å². The van der Waals surface area contributed by atoms with Crippen LogP contribution in [0.25, 0.3) is 0 Å². The average Bonchev–Trinajstić information content (AvgIpc) is 2.87.